The van der Waals surface area contributed by atoms with Crippen molar-refractivity contribution in [3.05, 3.63) is 0 Å². The van der Waals surface area contributed by atoms with Crippen LogP contribution in [0.1, 0.15) is 6.42 Å². The molecule has 0 aliphatic carbocycles. The molecule has 0 aromatic heterocycles. The van der Waals surface area contributed by atoms with Gasteiger partial charge < -0.3 is 16.4 Å². The van der Waals surface area contributed by atoms with Gasteiger partial charge in [-0.2, -0.15) is 0 Å². The van der Waals surface area contributed by atoms with E-state index in [-0.39, 0.29) is 12.3 Å². The van der Waals surface area contributed by atoms with Crippen molar-refractivity contribution in [2.75, 3.05) is 13.6 Å². The molecule has 0 aliphatic heterocycles. The van der Waals surface area contributed by atoms with E-state index in [4.69, 9.17) is 17.9 Å². The number of terminal acetylenes is 1. The number of amides is 1. The molecule has 0 aliphatic rings. The number of hydrogen-bond donors (Lipinski definition) is 2. The van der Waals surface area contributed by atoms with Crippen LogP contribution >= 0.6 is 0 Å². The molecular weight excluding hydrogens is 142 g/mol. The lowest BCUT2D eigenvalue weighted by atomic mass is 10.3. The summed E-state index contributed by atoms with van der Waals surface area (Å²) >= 11 is 0. The lowest BCUT2D eigenvalue weighted by Gasteiger charge is -2.14. The Balaban J connectivity index is 3.75. The molecule has 0 rings (SSSR count). The highest BCUT2D eigenvalue weighted by Gasteiger charge is 2.08. The Bertz CT molecular complexity index is 171. The molecule has 0 aromatic carbocycles. The molecule has 4 N–H and O–H groups in total. The molecule has 11 heavy (non-hydrogen) atoms. The fourth-order valence-electron chi connectivity index (χ4n) is 0.583. The van der Waals surface area contributed by atoms with Crippen molar-refractivity contribution < 1.29 is 4.79 Å². The van der Waals surface area contributed by atoms with Crippen LogP contribution in [0.2, 0.25) is 0 Å². The minimum atomic E-state index is -0.595. The van der Waals surface area contributed by atoms with E-state index in [9.17, 15) is 4.79 Å². The van der Waals surface area contributed by atoms with Crippen LogP contribution in [0.25, 0.3) is 0 Å². The number of hydrogen-bond acceptors (Lipinski definition) is 3. The first-order valence-corrected chi connectivity index (χ1v) is 3.26. The summed E-state index contributed by atoms with van der Waals surface area (Å²) in [6, 6.07) is 0. The van der Waals surface area contributed by atoms with Gasteiger partial charge in [-0.15, -0.1) is 6.42 Å². The highest BCUT2D eigenvalue weighted by Crippen LogP contribution is 1.89. The molecule has 0 bridgehead atoms. The van der Waals surface area contributed by atoms with E-state index >= 15 is 0 Å². The minimum Gasteiger partial charge on any atom is -0.335 e. The second kappa shape index (κ2) is 4.72. The topological polar surface area (TPSA) is 72.3 Å². The van der Waals surface area contributed by atoms with Gasteiger partial charge in [0.25, 0.3) is 0 Å². The summed E-state index contributed by atoms with van der Waals surface area (Å²) in [5.41, 5.74) is 10.4. The summed E-state index contributed by atoms with van der Waals surface area (Å²) in [5, 5.41) is 0. The van der Waals surface area contributed by atoms with Gasteiger partial charge in [-0.3, -0.25) is 4.79 Å². The van der Waals surface area contributed by atoms with Crippen molar-refractivity contribution >= 4 is 5.91 Å². The highest BCUT2D eigenvalue weighted by atomic mass is 16.2. The van der Waals surface area contributed by atoms with Crippen LogP contribution in [-0.4, -0.2) is 30.6 Å². The molecule has 0 heterocycles. The largest absolute Gasteiger partial charge is 0.335 e. The van der Waals surface area contributed by atoms with Crippen LogP contribution in [0.4, 0.5) is 0 Å². The lowest BCUT2D eigenvalue weighted by Crippen LogP contribution is -2.38. The van der Waals surface area contributed by atoms with Gasteiger partial charge in [0.15, 0.2) is 0 Å². The zero-order valence-corrected chi connectivity index (χ0v) is 6.58. The summed E-state index contributed by atoms with van der Waals surface area (Å²) < 4.78 is 0. The monoisotopic (exact) mass is 155 g/mol. The molecule has 0 unspecified atom stereocenters. The van der Waals surface area contributed by atoms with Crippen LogP contribution < -0.4 is 11.5 Å². The third-order valence-corrected chi connectivity index (χ3v) is 1.16. The molecule has 1 amide bonds. The summed E-state index contributed by atoms with van der Waals surface area (Å²) in [6.07, 6.45) is 4.53. The normalized spacial score (nSPS) is 9.36. The molecular formula is C7H13N3O. The Kier molecular flexibility index (Phi) is 4.27. The van der Waals surface area contributed by atoms with E-state index in [2.05, 4.69) is 5.92 Å². The van der Waals surface area contributed by atoms with Crippen molar-refractivity contribution in [2.24, 2.45) is 11.5 Å². The van der Waals surface area contributed by atoms with Crippen molar-refractivity contribution in [3.63, 3.8) is 0 Å². The molecule has 0 spiro atoms. The third-order valence-electron chi connectivity index (χ3n) is 1.16. The fraction of sp³-hybridized carbons (Fsp3) is 0.571. The van der Waals surface area contributed by atoms with Crippen molar-refractivity contribution in [3.8, 4) is 12.3 Å². The maximum Gasteiger partial charge on any atom is 0.226 e. The smallest absolute Gasteiger partial charge is 0.226 e. The Morgan fingerprint density at radius 1 is 1.73 bits per heavy atom. The van der Waals surface area contributed by atoms with Crippen molar-refractivity contribution in [1.82, 2.24) is 4.90 Å². The fourth-order valence-corrected chi connectivity index (χ4v) is 0.583. The Labute approximate surface area is 66.5 Å². The van der Waals surface area contributed by atoms with Gasteiger partial charge in [0.1, 0.15) is 0 Å². The van der Waals surface area contributed by atoms with Crippen LogP contribution in [-0.2, 0) is 4.79 Å². The lowest BCUT2D eigenvalue weighted by molar-refractivity contribution is -0.129. The standard InChI is InChI=1S/C7H13N3O/c1-3-4-10(2)7(11)5-6(8)9/h1,6H,4-5,8-9H2,2H3. The van der Waals surface area contributed by atoms with Crippen LogP contribution in [0.3, 0.4) is 0 Å². The summed E-state index contributed by atoms with van der Waals surface area (Å²) in [4.78, 5) is 12.4. The number of nitrogens with zero attached hydrogens (tertiary/aromatic N) is 1. The number of carbonyl (C=O) groups is 1. The van der Waals surface area contributed by atoms with Gasteiger partial charge in [0.05, 0.1) is 19.1 Å². The van der Waals surface area contributed by atoms with Crippen molar-refractivity contribution in [1.29, 1.82) is 0 Å². The van der Waals surface area contributed by atoms with Crippen LogP contribution in [0.15, 0.2) is 0 Å². The maximum absolute atomic E-state index is 11.0. The van der Waals surface area contributed by atoms with E-state index in [1.165, 1.54) is 4.90 Å². The average molecular weight is 155 g/mol. The first-order valence-electron chi connectivity index (χ1n) is 3.26. The van der Waals surface area contributed by atoms with Gasteiger partial charge in [0, 0.05) is 7.05 Å². The van der Waals surface area contributed by atoms with Gasteiger partial charge in [-0.1, -0.05) is 5.92 Å². The number of nitrogens with two attached hydrogens (primary N) is 2. The third kappa shape index (κ3) is 4.37. The number of carbonyl (C=O) groups excluding carboxylic acids is 1. The molecule has 0 aromatic rings. The zero-order chi connectivity index (χ0) is 8.85. The Hall–Kier alpha value is -1.05. The minimum absolute atomic E-state index is 0.127. The van der Waals surface area contributed by atoms with Gasteiger partial charge in [0.2, 0.25) is 5.91 Å². The predicted molar refractivity (Wildman–Crippen MR) is 43.2 cm³/mol. The molecule has 0 saturated heterocycles. The van der Waals surface area contributed by atoms with E-state index in [0.29, 0.717) is 6.54 Å². The molecule has 4 heteroatoms. The molecule has 0 atom stereocenters. The summed E-state index contributed by atoms with van der Waals surface area (Å²) in [5.74, 6) is 2.22. The van der Waals surface area contributed by atoms with Gasteiger partial charge in [-0.05, 0) is 0 Å². The molecule has 0 radical (unpaired) electrons. The van der Waals surface area contributed by atoms with Crippen molar-refractivity contribution in [2.45, 2.75) is 12.6 Å². The highest BCUT2D eigenvalue weighted by molar-refractivity contribution is 5.76. The van der Waals surface area contributed by atoms with E-state index < -0.39 is 6.17 Å². The first-order chi connectivity index (χ1) is 5.07. The Morgan fingerprint density at radius 3 is 2.64 bits per heavy atom. The SMILES string of the molecule is C#CCN(C)C(=O)CC(N)N. The van der Waals surface area contributed by atoms with Gasteiger partial charge in [-0.25, -0.2) is 0 Å². The second-order valence-corrected chi connectivity index (χ2v) is 2.32. The van der Waals surface area contributed by atoms with E-state index in [1.807, 2.05) is 0 Å². The van der Waals surface area contributed by atoms with E-state index in [0.717, 1.165) is 0 Å². The first kappa shape index (κ1) is 9.95. The molecule has 62 valence electrons. The van der Waals surface area contributed by atoms with Crippen LogP contribution in [0, 0.1) is 12.3 Å². The zero-order valence-electron chi connectivity index (χ0n) is 6.58. The molecule has 0 fully saturated rings. The average Bonchev–Trinajstić information content (AvgIpc) is 1.86. The van der Waals surface area contributed by atoms with E-state index in [1.54, 1.807) is 7.05 Å². The predicted octanol–water partition coefficient (Wildman–Crippen LogP) is -1.29. The molecule has 4 nitrogen and oxygen atoms in total. The van der Waals surface area contributed by atoms with Crippen LogP contribution in [0.5, 0.6) is 0 Å². The second-order valence-electron chi connectivity index (χ2n) is 2.32. The summed E-state index contributed by atoms with van der Waals surface area (Å²) in [7, 11) is 1.62. The number of rotatable bonds is 3. The summed E-state index contributed by atoms with van der Waals surface area (Å²) in [6.45, 7) is 0.297. The van der Waals surface area contributed by atoms with Gasteiger partial charge >= 0.3 is 0 Å². The quantitative estimate of drug-likeness (QED) is 0.393. The molecule has 0 saturated carbocycles. The Morgan fingerprint density at radius 2 is 2.27 bits per heavy atom. The maximum atomic E-state index is 11.0.